The number of carbonyl (C=O) groups is 1. The van der Waals surface area contributed by atoms with Crippen LogP contribution in [0.4, 0.5) is 10.8 Å². The number of benzene rings is 1. The molecule has 23 heavy (non-hydrogen) atoms. The molecule has 4 N–H and O–H groups in total. The molecule has 0 fully saturated rings. The van der Waals surface area contributed by atoms with Gasteiger partial charge in [-0.3, -0.25) is 14.9 Å². The number of nitro benzene ring substituents is 1. The predicted molar refractivity (Wildman–Crippen MR) is 85.7 cm³/mol. The van der Waals surface area contributed by atoms with E-state index in [0.29, 0.717) is 27.7 Å². The van der Waals surface area contributed by atoms with Crippen molar-refractivity contribution in [2.24, 2.45) is 5.10 Å². The van der Waals surface area contributed by atoms with Crippen molar-refractivity contribution in [3.8, 4) is 5.75 Å². The number of nitro groups is 1. The van der Waals surface area contributed by atoms with E-state index in [9.17, 15) is 20.0 Å². The highest BCUT2D eigenvalue weighted by Crippen LogP contribution is 2.25. The number of nitrogens with one attached hydrogen (secondary N) is 1. The summed E-state index contributed by atoms with van der Waals surface area (Å²) in [6.45, 7) is 1.85. The number of nitrogen functional groups attached to an aromatic ring is 1. The molecule has 2 rings (SSSR count). The lowest BCUT2D eigenvalue weighted by Gasteiger charge is -1.99. The van der Waals surface area contributed by atoms with Crippen LogP contribution in [0.25, 0.3) is 0 Å². The second kappa shape index (κ2) is 6.83. The Bertz CT molecular complexity index is 787. The number of anilines is 1. The van der Waals surface area contributed by atoms with Crippen LogP contribution in [-0.4, -0.2) is 27.1 Å². The largest absolute Gasteiger partial charge is 0.502 e. The molecule has 0 atom stereocenters. The topological polar surface area (TPSA) is 144 Å². The van der Waals surface area contributed by atoms with Crippen LogP contribution >= 0.6 is 11.3 Å². The van der Waals surface area contributed by atoms with Crippen LogP contribution in [0, 0.1) is 10.1 Å². The lowest BCUT2D eigenvalue weighted by Crippen LogP contribution is -2.17. The third-order valence-electron chi connectivity index (χ3n) is 2.83. The van der Waals surface area contributed by atoms with E-state index in [4.69, 9.17) is 5.73 Å². The number of rotatable bonds is 5. The Labute approximate surface area is 134 Å². The minimum Gasteiger partial charge on any atom is -0.502 e. The van der Waals surface area contributed by atoms with E-state index < -0.39 is 22.3 Å². The summed E-state index contributed by atoms with van der Waals surface area (Å²) < 4.78 is 0. The summed E-state index contributed by atoms with van der Waals surface area (Å²) in [6, 6.07) is 3.76. The summed E-state index contributed by atoms with van der Waals surface area (Å²) in [5.41, 5.74) is 8.38. The van der Waals surface area contributed by atoms with Crippen molar-refractivity contribution >= 4 is 34.3 Å². The van der Waals surface area contributed by atoms with E-state index in [1.807, 2.05) is 6.92 Å². The van der Waals surface area contributed by atoms with E-state index in [-0.39, 0.29) is 0 Å². The lowest BCUT2D eigenvalue weighted by molar-refractivity contribution is -0.385. The van der Waals surface area contributed by atoms with Gasteiger partial charge in [0.25, 0.3) is 5.91 Å². The molecule has 0 bridgehead atoms. The van der Waals surface area contributed by atoms with Crippen LogP contribution in [-0.2, 0) is 6.42 Å². The highest BCUT2D eigenvalue weighted by Gasteiger charge is 2.15. The average Bonchev–Trinajstić information content (AvgIpc) is 2.89. The summed E-state index contributed by atoms with van der Waals surface area (Å²) in [7, 11) is 0. The number of aromatic nitrogens is 1. The van der Waals surface area contributed by atoms with Crippen LogP contribution in [0.1, 0.15) is 27.9 Å². The van der Waals surface area contributed by atoms with Gasteiger partial charge in [-0.05, 0) is 18.6 Å². The van der Waals surface area contributed by atoms with Gasteiger partial charge in [0.1, 0.15) is 4.88 Å². The van der Waals surface area contributed by atoms with E-state index in [1.54, 1.807) is 0 Å². The van der Waals surface area contributed by atoms with Crippen LogP contribution in [0.3, 0.4) is 0 Å². The molecule has 0 aliphatic rings. The summed E-state index contributed by atoms with van der Waals surface area (Å²) in [5.74, 6) is -0.899. The Morgan fingerprint density at radius 2 is 2.35 bits per heavy atom. The Morgan fingerprint density at radius 3 is 3.00 bits per heavy atom. The second-order valence-corrected chi connectivity index (χ2v) is 5.42. The fourth-order valence-corrected chi connectivity index (χ4v) is 2.58. The minimum atomic E-state index is -0.709. The Hall–Kier alpha value is -3.01. The molecule has 0 radical (unpaired) electrons. The number of phenolic OH excluding ortho intramolecular Hbond substituents is 1. The molecular formula is C13H13N5O4S. The molecule has 0 aliphatic carbocycles. The van der Waals surface area contributed by atoms with Crippen molar-refractivity contribution in [3.05, 3.63) is 44.4 Å². The molecular weight excluding hydrogens is 322 g/mol. The second-order valence-electron chi connectivity index (χ2n) is 4.39. The SMILES string of the molecule is CCc1nc(N)sc1C(=O)NN=Cc1ccc(O)c([N+](=O)[O-])c1. The van der Waals surface area contributed by atoms with Gasteiger partial charge in [0, 0.05) is 11.6 Å². The van der Waals surface area contributed by atoms with Gasteiger partial charge in [-0.25, -0.2) is 10.4 Å². The number of aryl methyl sites for hydroxylation is 1. The molecule has 0 aliphatic heterocycles. The number of amides is 1. The van der Waals surface area contributed by atoms with Gasteiger partial charge in [0.15, 0.2) is 10.9 Å². The first-order valence-corrected chi connectivity index (χ1v) is 7.30. The summed E-state index contributed by atoms with van der Waals surface area (Å²) >= 11 is 1.06. The number of aromatic hydroxyl groups is 1. The van der Waals surface area contributed by atoms with Gasteiger partial charge >= 0.3 is 5.69 Å². The first-order valence-electron chi connectivity index (χ1n) is 6.48. The fraction of sp³-hybridized carbons (Fsp3) is 0.154. The predicted octanol–water partition coefficient (Wildman–Crippen LogP) is 1.67. The van der Waals surface area contributed by atoms with E-state index >= 15 is 0 Å². The van der Waals surface area contributed by atoms with Gasteiger partial charge < -0.3 is 10.8 Å². The van der Waals surface area contributed by atoms with Gasteiger partial charge in [-0.1, -0.05) is 18.3 Å². The van der Waals surface area contributed by atoms with Crippen LogP contribution < -0.4 is 11.2 Å². The minimum absolute atomic E-state index is 0.296. The lowest BCUT2D eigenvalue weighted by atomic mass is 10.2. The molecule has 1 heterocycles. The van der Waals surface area contributed by atoms with E-state index in [0.717, 1.165) is 17.4 Å². The highest BCUT2D eigenvalue weighted by molar-refractivity contribution is 7.17. The van der Waals surface area contributed by atoms with Crippen molar-refractivity contribution in [2.75, 3.05) is 5.73 Å². The zero-order chi connectivity index (χ0) is 17.0. The molecule has 9 nitrogen and oxygen atoms in total. The summed E-state index contributed by atoms with van der Waals surface area (Å²) in [6.07, 6.45) is 1.80. The molecule has 0 saturated carbocycles. The summed E-state index contributed by atoms with van der Waals surface area (Å²) in [4.78, 5) is 26.4. The molecule has 2 aromatic rings. The number of hydrogen-bond acceptors (Lipinski definition) is 8. The molecule has 10 heteroatoms. The molecule has 0 spiro atoms. The quantitative estimate of drug-likeness (QED) is 0.430. The third kappa shape index (κ3) is 3.80. The van der Waals surface area contributed by atoms with E-state index in [1.165, 1.54) is 18.3 Å². The normalized spacial score (nSPS) is 10.8. The number of carbonyl (C=O) groups excluding carboxylic acids is 1. The molecule has 1 aromatic heterocycles. The van der Waals surface area contributed by atoms with Crippen molar-refractivity contribution in [2.45, 2.75) is 13.3 Å². The molecule has 1 aromatic carbocycles. The van der Waals surface area contributed by atoms with Crippen molar-refractivity contribution in [1.82, 2.24) is 10.4 Å². The van der Waals surface area contributed by atoms with Gasteiger partial charge in [0.05, 0.1) is 16.8 Å². The number of hydrogen-bond donors (Lipinski definition) is 3. The van der Waals surface area contributed by atoms with Crippen molar-refractivity contribution < 1.29 is 14.8 Å². The van der Waals surface area contributed by atoms with Crippen molar-refractivity contribution in [1.29, 1.82) is 0 Å². The van der Waals surface area contributed by atoms with Crippen LogP contribution in [0.2, 0.25) is 0 Å². The monoisotopic (exact) mass is 335 g/mol. The van der Waals surface area contributed by atoms with E-state index in [2.05, 4.69) is 15.5 Å². The molecule has 0 saturated heterocycles. The first-order chi connectivity index (χ1) is 10.9. The maximum atomic E-state index is 12.0. The highest BCUT2D eigenvalue weighted by atomic mass is 32.1. The van der Waals surface area contributed by atoms with Crippen LogP contribution in [0.15, 0.2) is 23.3 Å². The fourth-order valence-electron chi connectivity index (χ4n) is 1.77. The molecule has 0 unspecified atom stereocenters. The van der Waals surface area contributed by atoms with Gasteiger partial charge in [-0.15, -0.1) is 0 Å². The first kappa shape index (κ1) is 16.4. The maximum absolute atomic E-state index is 12.0. The molecule has 120 valence electrons. The van der Waals surface area contributed by atoms with Crippen molar-refractivity contribution in [3.63, 3.8) is 0 Å². The molecule has 1 amide bonds. The number of phenols is 1. The third-order valence-corrected chi connectivity index (χ3v) is 3.76. The van der Waals surface area contributed by atoms with Gasteiger partial charge in [-0.2, -0.15) is 5.10 Å². The Kier molecular flexibility index (Phi) is 4.86. The Balaban J connectivity index is 2.11. The zero-order valence-corrected chi connectivity index (χ0v) is 12.8. The average molecular weight is 335 g/mol. The number of hydrazone groups is 1. The standard InChI is InChI=1S/C13H13N5O4S/c1-2-8-11(23-13(14)16-8)12(20)17-15-6-7-3-4-10(19)9(5-7)18(21)22/h3-6,19H,2H2,1H3,(H2,14,16)(H,17,20). The maximum Gasteiger partial charge on any atom is 0.311 e. The van der Waals surface area contributed by atoms with Gasteiger partial charge in [0.2, 0.25) is 0 Å². The van der Waals surface area contributed by atoms with Crippen LogP contribution in [0.5, 0.6) is 5.75 Å². The zero-order valence-electron chi connectivity index (χ0n) is 12.0. The Morgan fingerprint density at radius 1 is 1.61 bits per heavy atom. The number of nitrogens with two attached hydrogens (primary N) is 1. The number of thiazole rings is 1. The summed E-state index contributed by atoms with van der Waals surface area (Å²) in [5, 5.41) is 24.1. The number of nitrogens with zero attached hydrogens (tertiary/aromatic N) is 3. The smallest absolute Gasteiger partial charge is 0.311 e.